The number of aromatic nitrogens is 2. The summed E-state index contributed by atoms with van der Waals surface area (Å²) in [6, 6.07) is 15.7. The van der Waals surface area contributed by atoms with Crippen molar-refractivity contribution in [1.82, 2.24) is 9.78 Å². The molecule has 2 heterocycles. The third-order valence-corrected chi connectivity index (χ3v) is 4.82. The van der Waals surface area contributed by atoms with Crippen molar-refractivity contribution in [2.24, 2.45) is 0 Å². The van der Waals surface area contributed by atoms with Crippen LogP contribution < -0.4 is 4.74 Å². The van der Waals surface area contributed by atoms with Crippen LogP contribution in [0.3, 0.4) is 0 Å². The number of methoxy groups -OCH3 is 1. The first kappa shape index (κ1) is 15.9. The lowest BCUT2D eigenvalue weighted by atomic mass is 9.82. The SMILES string of the molecule is [C]c1ccc2c(c1)COC2(CCn1cccn1)c1ccc(OC)cc1. The van der Waals surface area contributed by atoms with Crippen LogP contribution in [0.5, 0.6) is 5.75 Å². The molecule has 0 amide bonds. The van der Waals surface area contributed by atoms with Gasteiger partial charge < -0.3 is 9.47 Å². The van der Waals surface area contributed by atoms with Gasteiger partial charge in [0.25, 0.3) is 0 Å². The summed E-state index contributed by atoms with van der Waals surface area (Å²) < 4.78 is 13.6. The summed E-state index contributed by atoms with van der Waals surface area (Å²) in [6.45, 7) is 9.15. The predicted molar refractivity (Wildman–Crippen MR) is 94.2 cm³/mol. The average Bonchev–Trinajstić information content (AvgIpc) is 3.28. The third kappa shape index (κ3) is 2.83. The molecule has 1 aliphatic heterocycles. The lowest BCUT2D eigenvalue weighted by Crippen LogP contribution is -2.29. The molecule has 4 nitrogen and oxygen atoms in total. The van der Waals surface area contributed by atoms with E-state index in [0.29, 0.717) is 12.2 Å². The van der Waals surface area contributed by atoms with E-state index in [4.69, 9.17) is 16.4 Å². The Morgan fingerprint density at radius 2 is 2.08 bits per heavy atom. The van der Waals surface area contributed by atoms with Gasteiger partial charge in [0.2, 0.25) is 0 Å². The molecule has 1 aliphatic rings. The zero-order valence-electron chi connectivity index (χ0n) is 14.1. The zero-order chi connectivity index (χ0) is 17.3. The quantitative estimate of drug-likeness (QED) is 0.715. The normalized spacial score (nSPS) is 19.0. The second-order valence-corrected chi connectivity index (χ2v) is 6.24. The van der Waals surface area contributed by atoms with Crippen LogP contribution in [-0.2, 0) is 23.5 Å². The van der Waals surface area contributed by atoms with Gasteiger partial charge in [0.15, 0.2) is 0 Å². The summed E-state index contributed by atoms with van der Waals surface area (Å²) in [6.07, 6.45) is 4.52. The van der Waals surface area contributed by atoms with Crippen LogP contribution in [0.25, 0.3) is 0 Å². The predicted octanol–water partition coefficient (Wildman–Crippen LogP) is 3.69. The molecule has 0 saturated carbocycles. The highest BCUT2D eigenvalue weighted by atomic mass is 16.5. The van der Waals surface area contributed by atoms with Crippen LogP contribution in [0.2, 0.25) is 0 Å². The summed E-state index contributed by atoms with van der Waals surface area (Å²) >= 11 is 0. The minimum Gasteiger partial charge on any atom is -0.497 e. The maximum absolute atomic E-state index is 7.88. The maximum Gasteiger partial charge on any atom is 0.121 e. The van der Waals surface area contributed by atoms with Gasteiger partial charge in [-0.3, -0.25) is 4.68 Å². The van der Waals surface area contributed by atoms with E-state index in [9.17, 15) is 0 Å². The third-order valence-electron chi connectivity index (χ3n) is 4.82. The van der Waals surface area contributed by atoms with Crippen molar-refractivity contribution in [2.45, 2.75) is 25.2 Å². The molecule has 125 valence electrons. The molecule has 25 heavy (non-hydrogen) atoms. The highest BCUT2D eigenvalue weighted by Crippen LogP contribution is 2.45. The molecule has 0 fully saturated rings. The number of benzene rings is 2. The van der Waals surface area contributed by atoms with Gasteiger partial charge in [-0.25, -0.2) is 0 Å². The van der Waals surface area contributed by atoms with Gasteiger partial charge in [-0.15, -0.1) is 0 Å². The first-order valence-corrected chi connectivity index (χ1v) is 8.32. The fraction of sp³-hybridized carbons (Fsp3) is 0.238. The van der Waals surface area contributed by atoms with Crippen LogP contribution in [0.4, 0.5) is 0 Å². The van der Waals surface area contributed by atoms with Crippen LogP contribution in [0.15, 0.2) is 60.9 Å². The number of rotatable bonds is 5. The molecular formula is C21H19N2O2. The van der Waals surface area contributed by atoms with Gasteiger partial charge >= 0.3 is 0 Å². The lowest BCUT2D eigenvalue weighted by molar-refractivity contribution is -0.0152. The van der Waals surface area contributed by atoms with E-state index in [1.54, 1.807) is 13.3 Å². The Hall–Kier alpha value is -2.59. The van der Waals surface area contributed by atoms with Crippen molar-refractivity contribution in [3.8, 4) is 5.75 Å². The Balaban J connectivity index is 1.76. The van der Waals surface area contributed by atoms with Crippen molar-refractivity contribution >= 4 is 0 Å². The maximum atomic E-state index is 7.88. The average molecular weight is 331 g/mol. The van der Waals surface area contributed by atoms with Gasteiger partial charge in [-0.1, -0.05) is 30.3 Å². The molecule has 0 saturated heterocycles. The van der Waals surface area contributed by atoms with E-state index >= 15 is 0 Å². The molecule has 4 rings (SSSR count). The molecule has 4 heteroatoms. The Morgan fingerprint density at radius 1 is 1.24 bits per heavy atom. The molecule has 1 atom stereocenters. The number of fused-ring (bicyclic) bond motifs is 1. The molecule has 0 spiro atoms. The van der Waals surface area contributed by atoms with Crippen LogP contribution >= 0.6 is 0 Å². The number of nitrogens with zero attached hydrogens (tertiary/aromatic N) is 2. The van der Waals surface area contributed by atoms with E-state index in [-0.39, 0.29) is 0 Å². The molecule has 1 aromatic heterocycles. The standard InChI is InChI=1S/C21H19N2O2/c1-16-4-9-20-17(14-16)15-25-21(20,10-13-23-12-3-11-22-23)18-5-7-19(24-2)8-6-18/h3-9,11-12,14H,10,13,15H2,2H3. The fourth-order valence-electron chi connectivity index (χ4n) is 3.54. The van der Waals surface area contributed by atoms with Crippen LogP contribution in [0.1, 0.15) is 28.7 Å². The monoisotopic (exact) mass is 331 g/mol. The summed E-state index contributed by atoms with van der Waals surface area (Å²) in [5, 5.41) is 4.31. The summed E-state index contributed by atoms with van der Waals surface area (Å²) in [5.74, 6) is 0.825. The van der Waals surface area contributed by atoms with Crippen LogP contribution in [-0.4, -0.2) is 16.9 Å². The van der Waals surface area contributed by atoms with Gasteiger partial charge in [-0.2, -0.15) is 5.10 Å². The molecule has 3 radical (unpaired) electrons. The Bertz CT molecular complexity index is 856. The number of hydrogen-bond acceptors (Lipinski definition) is 3. The summed E-state index contributed by atoms with van der Waals surface area (Å²) in [7, 11) is 1.67. The molecule has 0 N–H and O–H groups in total. The minimum atomic E-state index is -0.527. The Morgan fingerprint density at radius 3 is 2.80 bits per heavy atom. The largest absolute Gasteiger partial charge is 0.497 e. The highest BCUT2D eigenvalue weighted by molar-refractivity contribution is 5.47. The highest BCUT2D eigenvalue weighted by Gasteiger charge is 2.41. The Kier molecular flexibility index (Phi) is 4.06. The van der Waals surface area contributed by atoms with Gasteiger partial charge in [-0.05, 0) is 40.5 Å². The van der Waals surface area contributed by atoms with E-state index in [0.717, 1.165) is 35.4 Å². The van der Waals surface area contributed by atoms with E-state index in [1.807, 2.05) is 47.3 Å². The molecular weight excluding hydrogens is 312 g/mol. The van der Waals surface area contributed by atoms with Crippen molar-refractivity contribution in [2.75, 3.05) is 7.11 Å². The van der Waals surface area contributed by atoms with E-state index in [2.05, 4.69) is 17.2 Å². The van der Waals surface area contributed by atoms with Crippen molar-refractivity contribution < 1.29 is 9.47 Å². The second kappa shape index (κ2) is 6.37. The lowest BCUT2D eigenvalue weighted by Gasteiger charge is -2.30. The van der Waals surface area contributed by atoms with E-state index in [1.165, 1.54) is 0 Å². The summed E-state index contributed by atoms with van der Waals surface area (Å²) in [4.78, 5) is 0. The fourth-order valence-corrected chi connectivity index (χ4v) is 3.54. The topological polar surface area (TPSA) is 36.3 Å². The van der Waals surface area contributed by atoms with Crippen LogP contribution in [0, 0.1) is 6.92 Å². The Labute approximate surface area is 148 Å². The van der Waals surface area contributed by atoms with Crippen molar-refractivity contribution in [3.05, 3.63) is 90.1 Å². The molecule has 0 aliphatic carbocycles. The van der Waals surface area contributed by atoms with Crippen molar-refractivity contribution in [1.29, 1.82) is 0 Å². The van der Waals surface area contributed by atoms with Crippen molar-refractivity contribution in [3.63, 3.8) is 0 Å². The van der Waals surface area contributed by atoms with Gasteiger partial charge in [0.1, 0.15) is 11.4 Å². The van der Waals surface area contributed by atoms with Gasteiger partial charge in [0.05, 0.1) is 13.7 Å². The molecule has 3 aromatic rings. The molecule has 2 aromatic carbocycles. The molecule has 1 unspecified atom stereocenters. The summed E-state index contributed by atoms with van der Waals surface area (Å²) in [5.41, 5.74) is 3.31. The number of ether oxygens (including phenoxy) is 2. The second-order valence-electron chi connectivity index (χ2n) is 6.24. The zero-order valence-corrected chi connectivity index (χ0v) is 14.1. The first-order chi connectivity index (χ1) is 12.2. The number of aryl methyl sites for hydroxylation is 1. The molecule has 0 bridgehead atoms. The first-order valence-electron chi connectivity index (χ1n) is 8.32. The number of hydrogen-bond donors (Lipinski definition) is 0. The minimum absolute atomic E-state index is 0.514. The smallest absolute Gasteiger partial charge is 0.121 e. The van der Waals surface area contributed by atoms with Gasteiger partial charge in [0, 0.05) is 32.3 Å². The van der Waals surface area contributed by atoms with E-state index < -0.39 is 5.60 Å².